The summed E-state index contributed by atoms with van der Waals surface area (Å²) in [6.07, 6.45) is 1.52. The highest BCUT2D eigenvalue weighted by molar-refractivity contribution is 7.09. The Balaban J connectivity index is 1.86. The van der Waals surface area contributed by atoms with Crippen LogP contribution in [0.4, 0.5) is 5.69 Å². The largest absolute Gasteiger partial charge is 0.375 e. The van der Waals surface area contributed by atoms with E-state index in [0.29, 0.717) is 22.9 Å². The Morgan fingerprint density at radius 3 is 2.79 bits per heavy atom. The molecule has 0 saturated heterocycles. The van der Waals surface area contributed by atoms with Gasteiger partial charge in [-0.3, -0.25) is 4.79 Å². The molecule has 0 bridgehead atoms. The second-order valence-corrected chi connectivity index (χ2v) is 8.08. The highest BCUT2D eigenvalue weighted by Gasteiger charge is 2.16. The zero-order chi connectivity index (χ0) is 20.4. The standard InChI is InChI=1S/C19H20Cl2N4O2S/c1-11-5-6-14(7-15(11)20)25-19(26)17(21)16(8-22-25)24(3)9-13-10-28-18(23-13)12(2)27-4/h5-8,10,12H,9H2,1-4H3. The monoisotopic (exact) mass is 438 g/mol. The lowest BCUT2D eigenvalue weighted by Crippen LogP contribution is -2.26. The SMILES string of the molecule is COC(C)c1nc(CN(C)c2cnn(-c3ccc(C)c(Cl)c3)c(=O)c2Cl)cs1. The van der Waals surface area contributed by atoms with Crippen molar-refractivity contribution in [3.8, 4) is 5.69 Å². The molecule has 3 rings (SSSR count). The van der Waals surface area contributed by atoms with Gasteiger partial charge in [0.05, 0.1) is 29.8 Å². The lowest BCUT2D eigenvalue weighted by molar-refractivity contribution is 0.119. The maximum atomic E-state index is 12.7. The molecule has 0 aliphatic rings. The molecule has 2 aromatic heterocycles. The first-order chi connectivity index (χ1) is 13.3. The van der Waals surface area contributed by atoms with Crippen LogP contribution in [0.2, 0.25) is 10.0 Å². The van der Waals surface area contributed by atoms with Crippen molar-refractivity contribution >= 4 is 40.2 Å². The van der Waals surface area contributed by atoms with E-state index in [-0.39, 0.29) is 11.1 Å². The van der Waals surface area contributed by atoms with E-state index >= 15 is 0 Å². The number of ether oxygens (including phenoxy) is 1. The first-order valence-corrected chi connectivity index (χ1v) is 10.2. The number of aryl methyl sites for hydroxylation is 1. The van der Waals surface area contributed by atoms with Crippen LogP contribution in [0.25, 0.3) is 5.69 Å². The predicted molar refractivity (Wildman–Crippen MR) is 114 cm³/mol. The average molecular weight is 439 g/mol. The van der Waals surface area contributed by atoms with Gasteiger partial charge in [0.25, 0.3) is 5.56 Å². The average Bonchev–Trinajstić information content (AvgIpc) is 3.14. The first kappa shape index (κ1) is 20.8. The number of hydrogen-bond acceptors (Lipinski definition) is 6. The molecule has 0 saturated carbocycles. The summed E-state index contributed by atoms with van der Waals surface area (Å²) >= 11 is 14.1. The zero-order valence-electron chi connectivity index (χ0n) is 15.9. The van der Waals surface area contributed by atoms with Crippen molar-refractivity contribution < 1.29 is 4.74 Å². The molecule has 0 aliphatic carbocycles. The number of nitrogens with zero attached hydrogens (tertiary/aromatic N) is 4. The Morgan fingerprint density at radius 2 is 2.11 bits per heavy atom. The van der Waals surface area contributed by atoms with E-state index in [4.69, 9.17) is 27.9 Å². The van der Waals surface area contributed by atoms with Crippen LogP contribution >= 0.6 is 34.5 Å². The van der Waals surface area contributed by atoms with Crippen molar-refractivity contribution in [2.24, 2.45) is 0 Å². The molecule has 1 aromatic carbocycles. The number of methoxy groups -OCH3 is 1. The van der Waals surface area contributed by atoms with E-state index in [1.54, 1.807) is 25.4 Å². The van der Waals surface area contributed by atoms with Gasteiger partial charge in [0.2, 0.25) is 0 Å². The zero-order valence-corrected chi connectivity index (χ0v) is 18.3. The van der Waals surface area contributed by atoms with Crippen LogP contribution in [-0.4, -0.2) is 28.9 Å². The Hall–Kier alpha value is -1.93. The highest BCUT2D eigenvalue weighted by atomic mass is 35.5. The molecule has 1 unspecified atom stereocenters. The van der Waals surface area contributed by atoms with E-state index in [1.165, 1.54) is 16.0 Å². The summed E-state index contributed by atoms with van der Waals surface area (Å²) in [6.45, 7) is 4.34. The lowest BCUT2D eigenvalue weighted by Gasteiger charge is -2.19. The van der Waals surface area contributed by atoms with E-state index in [0.717, 1.165) is 16.3 Å². The third kappa shape index (κ3) is 4.22. The summed E-state index contributed by atoms with van der Waals surface area (Å²) in [5, 5.41) is 7.80. The van der Waals surface area contributed by atoms with Gasteiger partial charge in [-0.1, -0.05) is 29.3 Å². The van der Waals surface area contributed by atoms with Crippen LogP contribution in [0.3, 0.4) is 0 Å². The Labute approximate surface area is 177 Å². The van der Waals surface area contributed by atoms with E-state index in [1.807, 2.05) is 37.2 Å². The number of thiazole rings is 1. The van der Waals surface area contributed by atoms with Crippen molar-refractivity contribution in [3.63, 3.8) is 0 Å². The van der Waals surface area contributed by atoms with Crippen molar-refractivity contribution in [2.45, 2.75) is 26.5 Å². The van der Waals surface area contributed by atoms with E-state index in [9.17, 15) is 4.79 Å². The topological polar surface area (TPSA) is 60.2 Å². The Bertz CT molecular complexity index is 1050. The van der Waals surface area contributed by atoms with Gasteiger partial charge in [0.15, 0.2) is 0 Å². The second kappa shape index (κ2) is 8.61. The molecule has 0 spiro atoms. The number of rotatable bonds is 6. The molecule has 2 heterocycles. The van der Waals surface area contributed by atoms with Gasteiger partial charge >= 0.3 is 0 Å². The molecule has 9 heteroatoms. The minimum atomic E-state index is -0.405. The second-order valence-electron chi connectivity index (χ2n) is 6.41. The smallest absolute Gasteiger partial charge is 0.292 e. The van der Waals surface area contributed by atoms with E-state index in [2.05, 4.69) is 10.1 Å². The van der Waals surface area contributed by atoms with Crippen molar-refractivity contribution in [1.82, 2.24) is 14.8 Å². The quantitative estimate of drug-likeness (QED) is 0.560. The van der Waals surface area contributed by atoms with Crippen LogP contribution in [0, 0.1) is 6.92 Å². The molecule has 1 atom stereocenters. The minimum absolute atomic E-state index is 0.0560. The molecule has 148 valence electrons. The fourth-order valence-corrected chi connectivity index (χ4v) is 3.89. The molecule has 0 amide bonds. The van der Waals surface area contributed by atoms with Crippen molar-refractivity contribution in [2.75, 3.05) is 19.1 Å². The Kier molecular flexibility index (Phi) is 6.40. The summed E-state index contributed by atoms with van der Waals surface area (Å²) in [5.41, 5.74) is 2.49. The number of anilines is 1. The molecule has 3 aromatic rings. The summed E-state index contributed by atoms with van der Waals surface area (Å²) in [7, 11) is 3.49. The molecule has 0 radical (unpaired) electrons. The van der Waals surface area contributed by atoms with Crippen LogP contribution in [0.15, 0.2) is 34.6 Å². The molecule has 6 nitrogen and oxygen atoms in total. The van der Waals surface area contributed by atoms with Gasteiger partial charge in [-0.15, -0.1) is 11.3 Å². The summed E-state index contributed by atoms with van der Waals surface area (Å²) in [5.74, 6) is 0. The van der Waals surface area contributed by atoms with Crippen molar-refractivity contribution in [3.05, 3.63) is 66.4 Å². The van der Waals surface area contributed by atoms with Gasteiger partial charge in [-0.2, -0.15) is 9.78 Å². The van der Waals surface area contributed by atoms with Gasteiger partial charge < -0.3 is 9.64 Å². The lowest BCUT2D eigenvalue weighted by atomic mass is 10.2. The molecule has 28 heavy (non-hydrogen) atoms. The van der Waals surface area contributed by atoms with Gasteiger partial charge in [0.1, 0.15) is 16.1 Å². The van der Waals surface area contributed by atoms with Crippen LogP contribution in [0.5, 0.6) is 0 Å². The highest BCUT2D eigenvalue weighted by Crippen LogP contribution is 2.25. The molecule has 0 fully saturated rings. The van der Waals surface area contributed by atoms with Crippen LogP contribution < -0.4 is 10.5 Å². The number of aromatic nitrogens is 3. The minimum Gasteiger partial charge on any atom is -0.375 e. The molecule has 0 aliphatic heterocycles. The molecule has 0 N–H and O–H groups in total. The van der Waals surface area contributed by atoms with Crippen molar-refractivity contribution in [1.29, 1.82) is 0 Å². The maximum Gasteiger partial charge on any atom is 0.292 e. The first-order valence-electron chi connectivity index (χ1n) is 8.54. The van der Waals surface area contributed by atoms with Crippen LogP contribution in [-0.2, 0) is 11.3 Å². The fraction of sp³-hybridized carbons (Fsp3) is 0.316. The Morgan fingerprint density at radius 1 is 1.36 bits per heavy atom. The van der Waals surface area contributed by atoms with Crippen LogP contribution in [0.1, 0.15) is 29.3 Å². The number of hydrogen-bond donors (Lipinski definition) is 0. The number of halogens is 2. The third-order valence-electron chi connectivity index (χ3n) is 4.38. The maximum absolute atomic E-state index is 12.7. The summed E-state index contributed by atoms with van der Waals surface area (Å²) in [6, 6.07) is 5.31. The third-order valence-corrected chi connectivity index (χ3v) is 6.20. The summed E-state index contributed by atoms with van der Waals surface area (Å²) < 4.78 is 6.54. The molecular weight excluding hydrogens is 419 g/mol. The van der Waals surface area contributed by atoms with E-state index < -0.39 is 5.56 Å². The fourth-order valence-electron chi connectivity index (χ4n) is 2.60. The summed E-state index contributed by atoms with van der Waals surface area (Å²) in [4.78, 5) is 19.2. The number of benzene rings is 1. The van der Waals surface area contributed by atoms with Gasteiger partial charge in [0, 0.05) is 24.6 Å². The predicted octanol–water partition coefficient (Wildman–Crippen LogP) is 4.65. The molecular formula is C19H20Cl2N4O2S. The normalized spacial score (nSPS) is 12.2. The van der Waals surface area contributed by atoms with Gasteiger partial charge in [-0.25, -0.2) is 4.98 Å². The van der Waals surface area contributed by atoms with Gasteiger partial charge in [-0.05, 0) is 31.5 Å².